The summed E-state index contributed by atoms with van der Waals surface area (Å²) in [5, 5.41) is 3.19. The summed E-state index contributed by atoms with van der Waals surface area (Å²) in [7, 11) is 6.26. The van der Waals surface area contributed by atoms with Crippen molar-refractivity contribution in [2.75, 3.05) is 35.0 Å². The second-order valence-corrected chi connectivity index (χ2v) is 5.99. The Morgan fingerprint density at radius 1 is 0.786 bits per heavy atom. The van der Waals surface area contributed by atoms with Crippen LogP contribution in [0, 0.1) is 0 Å². The van der Waals surface area contributed by atoms with Gasteiger partial charge in [0.25, 0.3) is 0 Å². The van der Waals surface area contributed by atoms with Crippen molar-refractivity contribution in [3.05, 3.63) is 48.6 Å². The van der Waals surface area contributed by atoms with Crippen LogP contribution < -0.4 is 18.9 Å². The minimum absolute atomic E-state index is 0.123. The van der Waals surface area contributed by atoms with E-state index in [2.05, 4.69) is 6.58 Å². The van der Waals surface area contributed by atoms with Gasteiger partial charge in [-0.3, -0.25) is 0 Å². The van der Waals surface area contributed by atoms with Gasteiger partial charge in [0.05, 0.1) is 34.0 Å². The summed E-state index contributed by atoms with van der Waals surface area (Å²) in [5.41, 5.74) is 0.414. The Balaban J connectivity index is 2.42. The molecule has 6 nitrogen and oxygen atoms in total. The molecule has 3 rings (SSSR count). The zero-order valence-electron chi connectivity index (χ0n) is 16.3. The monoisotopic (exact) mass is 382 g/mol. The molecule has 0 aromatic heterocycles. The first-order valence-corrected chi connectivity index (χ1v) is 8.60. The molecular weight excluding hydrogens is 360 g/mol. The highest BCUT2D eigenvalue weighted by Gasteiger charge is 2.19. The number of hydrogen-bond donors (Lipinski definition) is 0. The molecule has 3 aromatic rings. The lowest BCUT2D eigenvalue weighted by molar-refractivity contribution is 0.0552. The zero-order chi connectivity index (χ0) is 20.3. The number of hydrogen-bond acceptors (Lipinski definition) is 6. The van der Waals surface area contributed by atoms with Gasteiger partial charge in [-0.05, 0) is 46.5 Å². The Morgan fingerprint density at radius 2 is 1.29 bits per heavy atom. The Morgan fingerprint density at radius 3 is 1.82 bits per heavy atom. The number of benzene rings is 3. The summed E-state index contributed by atoms with van der Waals surface area (Å²) in [5.74, 6) is 1.79. The van der Waals surface area contributed by atoms with E-state index in [0.717, 1.165) is 16.2 Å². The lowest BCUT2D eigenvalue weighted by Gasteiger charge is -2.16. The molecular formula is C22H22O6. The molecule has 0 radical (unpaired) electrons. The van der Waals surface area contributed by atoms with Crippen LogP contribution in [0.3, 0.4) is 0 Å². The van der Waals surface area contributed by atoms with Crippen molar-refractivity contribution < 1.29 is 28.5 Å². The highest BCUT2D eigenvalue weighted by Crippen LogP contribution is 2.41. The first-order valence-electron chi connectivity index (χ1n) is 8.60. The SMILES string of the molecule is C=CCOC(=O)c1cc2cc(OC)c(OC)cc2c2cc(OC)c(OC)cc12. The van der Waals surface area contributed by atoms with Gasteiger partial charge >= 0.3 is 5.97 Å². The van der Waals surface area contributed by atoms with Crippen molar-refractivity contribution in [3.63, 3.8) is 0 Å². The van der Waals surface area contributed by atoms with E-state index in [4.69, 9.17) is 23.7 Å². The number of carbonyl (C=O) groups excluding carboxylic acids is 1. The van der Waals surface area contributed by atoms with E-state index in [9.17, 15) is 4.79 Å². The van der Waals surface area contributed by atoms with Crippen molar-refractivity contribution in [1.29, 1.82) is 0 Å². The molecule has 0 saturated carbocycles. The maximum Gasteiger partial charge on any atom is 0.339 e. The predicted molar refractivity (Wildman–Crippen MR) is 108 cm³/mol. The van der Waals surface area contributed by atoms with Crippen molar-refractivity contribution in [2.45, 2.75) is 0 Å². The van der Waals surface area contributed by atoms with Crippen LogP contribution in [-0.4, -0.2) is 41.0 Å². The molecule has 0 spiro atoms. The third kappa shape index (κ3) is 3.29. The van der Waals surface area contributed by atoms with Crippen LogP contribution in [0.25, 0.3) is 21.5 Å². The molecule has 0 bridgehead atoms. The van der Waals surface area contributed by atoms with Crippen molar-refractivity contribution >= 4 is 27.5 Å². The Bertz CT molecular complexity index is 1050. The fourth-order valence-corrected chi connectivity index (χ4v) is 3.19. The maximum atomic E-state index is 12.7. The van der Waals surface area contributed by atoms with E-state index >= 15 is 0 Å². The lowest BCUT2D eigenvalue weighted by Crippen LogP contribution is -2.06. The minimum atomic E-state index is -0.450. The molecule has 6 heteroatoms. The number of esters is 1. The fraction of sp³-hybridized carbons (Fsp3) is 0.227. The van der Waals surface area contributed by atoms with E-state index < -0.39 is 5.97 Å². The summed E-state index contributed by atoms with van der Waals surface area (Å²) in [6.07, 6.45) is 1.53. The summed E-state index contributed by atoms with van der Waals surface area (Å²) in [6, 6.07) is 9.09. The van der Waals surface area contributed by atoms with E-state index in [1.54, 1.807) is 40.6 Å². The number of rotatable bonds is 7. The zero-order valence-corrected chi connectivity index (χ0v) is 16.3. The molecule has 0 unspecified atom stereocenters. The highest BCUT2D eigenvalue weighted by molar-refractivity contribution is 6.17. The van der Waals surface area contributed by atoms with Gasteiger partial charge in [-0.1, -0.05) is 12.7 Å². The van der Waals surface area contributed by atoms with Crippen LogP contribution in [0.15, 0.2) is 43.0 Å². The Kier molecular flexibility index (Phi) is 5.59. The standard InChI is InChI=1S/C22H22O6/c1-6-7-28-22(23)17-8-13-9-18(24-2)19(25-3)10-14(13)15-11-20(26-4)21(27-5)12-16(15)17/h6,8-12H,1,7H2,2-5H3. The molecule has 0 atom stereocenters. The number of ether oxygens (including phenoxy) is 5. The van der Waals surface area contributed by atoms with Crippen LogP contribution in [0.1, 0.15) is 10.4 Å². The normalized spacial score (nSPS) is 10.6. The first kappa shape index (κ1) is 19.4. The molecule has 0 heterocycles. The van der Waals surface area contributed by atoms with Gasteiger partial charge in [0, 0.05) is 5.39 Å². The van der Waals surface area contributed by atoms with Gasteiger partial charge in [-0.25, -0.2) is 4.79 Å². The first-order chi connectivity index (χ1) is 13.6. The van der Waals surface area contributed by atoms with Crippen LogP contribution in [-0.2, 0) is 4.74 Å². The van der Waals surface area contributed by atoms with Crippen LogP contribution in [0.5, 0.6) is 23.0 Å². The Labute approximate surface area is 163 Å². The quantitative estimate of drug-likeness (QED) is 0.343. The molecule has 3 aromatic carbocycles. The molecule has 0 fully saturated rings. The molecule has 0 amide bonds. The summed E-state index contributed by atoms with van der Waals surface area (Å²) < 4.78 is 27.0. The number of methoxy groups -OCH3 is 4. The predicted octanol–water partition coefficient (Wildman–Crippen LogP) is 4.37. The van der Waals surface area contributed by atoms with Crippen molar-refractivity contribution in [2.24, 2.45) is 0 Å². The second kappa shape index (κ2) is 8.08. The average Bonchev–Trinajstić information content (AvgIpc) is 2.74. The summed E-state index contributed by atoms with van der Waals surface area (Å²) >= 11 is 0. The number of fused-ring (bicyclic) bond motifs is 3. The van der Waals surface area contributed by atoms with Crippen molar-refractivity contribution in [3.8, 4) is 23.0 Å². The summed E-state index contributed by atoms with van der Waals surface area (Å²) in [6.45, 7) is 3.71. The van der Waals surface area contributed by atoms with E-state index in [0.29, 0.717) is 33.9 Å². The highest BCUT2D eigenvalue weighted by atomic mass is 16.5. The van der Waals surface area contributed by atoms with Crippen molar-refractivity contribution in [1.82, 2.24) is 0 Å². The maximum absolute atomic E-state index is 12.7. The third-order valence-electron chi connectivity index (χ3n) is 4.51. The van der Waals surface area contributed by atoms with Gasteiger partial charge in [-0.15, -0.1) is 0 Å². The Hall–Kier alpha value is -3.41. The van der Waals surface area contributed by atoms with Crippen LogP contribution in [0.2, 0.25) is 0 Å². The summed E-state index contributed by atoms with van der Waals surface area (Å²) in [4.78, 5) is 12.7. The topological polar surface area (TPSA) is 63.2 Å². The fourth-order valence-electron chi connectivity index (χ4n) is 3.19. The van der Waals surface area contributed by atoms with Gasteiger partial charge < -0.3 is 23.7 Å². The van der Waals surface area contributed by atoms with Crippen LogP contribution in [0.4, 0.5) is 0 Å². The lowest BCUT2D eigenvalue weighted by atomic mass is 9.96. The number of carbonyl (C=O) groups is 1. The van der Waals surface area contributed by atoms with Gasteiger partial charge in [0.2, 0.25) is 0 Å². The average molecular weight is 382 g/mol. The smallest absolute Gasteiger partial charge is 0.339 e. The molecule has 28 heavy (non-hydrogen) atoms. The van der Waals surface area contributed by atoms with E-state index in [-0.39, 0.29) is 6.61 Å². The van der Waals surface area contributed by atoms with Gasteiger partial charge in [0.15, 0.2) is 23.0 Å². The molecule has 0 aliphatic heterocycles. The van der Waals surface area contributed by atoms with E-state index in [1.807, 2.05) is 18.2 Å². The largest absolute Gasteiger partial charge is 0.493 e. The van der Waals surface area contributed by atoms with E-state index in [1.165, 1.54) is 6.08 Å². The molecule has 0 aliphatic carbocycles. The molecule has 0 aliphatic rings. The third-order valence-corrected chi connectivity index (χ3v) is 4.51. The molecule has 0 N–H and O–H groups in total. The van der Waals surface area contributed by atoms with Crippen LogP contribution >= 0.6 is 0 Å². The minimum Gasteiger partial charge on any atom is -0.493 e. The second-order valence-electron chi connectivity index (χ2n) is 5.99. The van der Waals surface area contributed by atoms with Gasteiger partial charge in [-0.2, -0.15) is 0 Å². The molecule has 146 valence electrons. The van der Waals surface area contributed by atoms with Gasteiger partial charge in [0.1, 0.15) is 6.61 Å². The molecule has 0 saturated heterocycles.